The van der Waals surface area contributed by atoms with Gasteiger partial charge in [0.1, 0.15) is 5.60 Å². The summed E-state index contributed by atoms with van der Waals surface area (Å²) in [7, 11) is 2.50. The Morgan fingerprint density at radius 2 is 1.72 bits per heavy atom. The molecule has 1 saturated carbocycles. The SMILES string of the molecule is C/C=C1\CN2CC3[C@H]4c5ccccc5N(C(=O)OC(C)(C)C)[C@]42C(=O)CC1C3(C(=O)OC)C(=O)OC. The van der Waals surface area contributed by atoms with Crippen molar-refractivity contribution in [1.82, 2.24) is 4.90 Å². The fourth-order valence-corrected chi connectivity index (χ4v) is 7.23. The fraction of sp³-hybridized carbons (Fsp3) is 0.556. The number of rotatable bonds is 2. The third kappa shape index (κ3) is 2.80. The number of para-hydroxylation sites is 1. The van der Waals surface area contributed by atoms with E-state index in [9.17, 15) is 19.2 Å². The van der Waals surface area contributed by atoms with Crippen LogP contribution in [0.4, 0.5) is 10.5 Å². The normalized spacial score (nSPS) is 32.6. The number of Topliss-reactive ketones (excluding diaryl/α,β-unsaturated/α-hetero) is 1. The first-order valence-electron chi connectivity index (χ1n) is 12.2. The molecule has 36 heavy (non-hydrogen) atoms. The molecule has 4 heterocycles. The van der Waals surface area contributed by atoms with Crippen LogP contribution in [0.15, 0.2) is 35.9 Å². The number of benzene rings is 1. The molecule has 0 radical (unpaired) electrons. The monoisotopic (exact) mass is 496 g/mol. The third-order valence-corrected chi connectivity index (χ3v) is 8.34. The number of nitrogens with zero attached hydrogens (tertiary/aromatic N) is 2. The van der Waals surface area contributed by atoms with Crippen molar-refractivity contribution >= 4 is 29.5 Å². The highest BCUT2D eigenvalue weighted by atomic mass is 16.6. The van der Waals surface area contributed by atoms with Crippen LogP contribution in [0.1, 0.15) is 45.6 Å². The van der Waals surface area contributed by atoms with Crippen molar-refractivity contribution in [2.45, 2.75) is 51.3 Å². The lowest BCUT2D eigenvalue weighted by molar-refractivity contribution is -0.178. The minimum Gasteiger partial charge on any atom is -0.468 e. The minimum absolute atomic E-state index is 0.110. The Labute approximate surface area is 210 Å². The first kappa shape index (κ1) is 24.5. The number of fused-ring (bicyclic) bond motifs is 3. The number of ether oxygens (including phenoxy) is 3. The van der Waals surface area contributed by atoms with Crippen molar-refractivity contribution in [1.29, 1.82) is 0 Å². The number of ketones is 1. The maximum Gasteiger partial charge on any atom is 0.416 e. The maximum atomic E-state index is 14.4. The Morgan fingerprint density at radius 1 is 1.08 bits per heavy atom. The molecule has 192 valence electrons. The van der Waals surface area contributed by atoms with E-state index in [2.05, 4.69) is 0 Å². The van der Waals surface area contributed by atoms with Gasteiger partial charge in [0.25, 0.3) is 0 Å². The van der Waals surface area contributed by atoms with Crippen molar-refractivity contribution in [3.8, 4) is 0 Å². The van der Waals surface area contributed by atoms with Gasteiger partial charge >= 0.3 is 18.0 Å². The summed E-state index contributed by atoms with van der Waals surface area (Å²) in [5.41, 5.74) is -1.91. The molecule has 1 amide bonds. The van der Waals surface area contributed by atoms with Gasteiger partial charge in [-0.2, -0.15) is 0 Å². The van der Waals surface area contributed by atoms with Crippen molar-refractivity contribution in [2.24, 2.45) is 17.3 Å². The smallest absolute Gasteiger partial charge is 0.416 e. The summed E-state index contributed by atoms with van der Waals surface area (Å²) in [6.45, 7) is 7.72. The van der Waals surface area contributed by atoms with Gasteiger partial charge in [-0.25, -0.2) is 4.79 Å². The van der Waals surface area contributed by atoms with Gasteiger partial charge in [-0.3, -0.25) is 24.2 Å². The highest BCUT2D eigenvalue weighted by Crippen LogP contribution is 2.68. The number of methoxy groups -OCH3 is 2. The van der Waals surface area contributed by atoms with Crippen LogP contribution < -0.4 is 4.90 Å². The molecule has 3 unspecified atom stereocenters. The largest absolute Gasteiger partial charge is 0.468 e. The second-order valence-electron chi connectivity index (χ2n) is 11.0. The van der Waals surface area contributed by atoms with Gasteiger partial charge < -0.3 is 14.2 Å². The zero-order valence-electron chi connectivity index (χ0n) is 21.5. The summed E-state index contributed by atoms with van der Waals surface area (Å²) < 4.78 is 16.4. The van der Waals surface area contributed by atoms with Crippen molar-refractivity contribution < 1.29 is 33.4 Å². The Kier molecular flexibility index (Phi) is 5.37. The van der Waals surface area contributed by atoms with Gasteiger partial charge in [0.2, 0.25) is 0 Å². The van der Waals surface area contributed by atoms with Crippen LogP contribution in [0.25, 0.3) is 0 Å². The molecule has 6 rings (SSSR count). The molecule has 1 aliphatic carbocycles. The molecule has 1 aromatic rings. The number of amides is 1. The zero-order chi connectivity index (χ0) is 26.2. The van der Waals surface area contributed by atoms with E-state index in [0.29, 0.717) is 12.2 Å². The van der Waals surface area contributed by atoms with E-state index in [0.717, 1.165) is 11.1 Å². The summed E-state index contributed by atoms with van der Waals surface area (Å²) in [6, 6.07) is 7.28. The molecule has 9 nitrogen and oxygen atoms in total. The zero-order valence-corrected chi connectivity index (χ0v) is 21.5. The van der Waals surface area contributed by atoms with Crippen LogP contribution in [0.3, 0.4) is 0 Å². The van der Waals surface area contributed by atoms with Crippen LogP contribution in [-0.2, 0) is 28.6 Å². The number of carbonyl (C=O) groups excluding carboxylic acids is 4. The van der Waals surface area contributed by atoms with Gasteiger partial charge in [0.15, 0.2) is 16.9 Å². The molecule has 5 atom stereocenters. The van der Waals surface area contributed by atoms with Gasteiger partial charge in [-0.05, 0) is 39.3 Å². The number of esters is 2. The van der Waals surface area contributed by atoms with E-state index in [4.69, 9.17) is 14.2 Å². The van der Waals surface area contributed by atoms with Gasteiger partial charge in [0.05, 0.1) is 19.9 Å². The average Bonchev–Trinajstić information content (AvgIpc) is 3.19. The van der Waals surface area contributed by atoms with Crippen LogP contribution in [-0.4, -0.2) is 67.3 Å². The molecule has 4 aliphatic heterocycles. The topological polar surface area (TPSA) is 102 Å². The van der Waals surface area contributed by atoms with Gasteiger partial charge in [-0.1, -0.05) is 29.8 Å². The Morgan fingerprint density at radius 3 is 2.31 bits per heavy atom. The Hall–Kier alpha value is -3.20. The van der Waals surface area contributed by atoms with E-state index in [-0.39, 0.29) is 18.7 Å². The summed E-state index contributed by atoms with van der Waals surface area (Å²) >= 11 is 0. The quantitative estimate of drug-likeness (QED) is 0.267. The number of allylic oxidation sites excluding steroid dienone is 1. The van der Waals surface area contributed by atoms with Crippen LogP contribution in [0.2, 0.25) is 0 Å². The number of hydrogen-bond acceptors (Lipinski definition) is 8. The Balaban J connectivity index is 1.85. The molecule has 4 bridgehead atoms. The molecule has 4 fully saturated rings. The molecular weight excluding hydrogens is 464 g/mol. The molecule has 3 saturated heterocycles. The Bertz CT molecular complexity index is 1180. The molecular formula is C27H32N2O7. The summed E-state index contributed by atoms with van der Waals surface area (Å²) in [5, 5.41) is 0. The highest BCUT2D eigenvalue weighted by Gasteiger charge is 2.79. The molecule has 9 heteroatoms. The first-order valence-corrected chi connectivity index (χ1v) is 12.2. The highest BCUT2D eigenvalue weighted by molar-refractivity contribution is 6.10. The van der Waals surface area contributed by atoms with Crippen LogP contribution in [0.5, 0.6) is 0 Å². The molecule has 5 aliphatic rings. The third-order valence-electron chi connectivity index (χ3n) is 8.34. The molecule has 0 aromatic heterocycles. The molecule has 1 spiro atoms. The second kappa shape index (κ2) is 7.90. The summed E-state index contributed by atoms with van der Waals surface area (Å²) in [5.74, 6) is -3.72. The first-order chi connectivity index (χ1) is 17.0. The lowest BCUT2D eigenvalue weighted by atomic mass is 9.60. The minimum atomic E-state index is -1.74. The van der Waals surface area contributed by atoms with Crippen molar-refractivity contribution in [2.75, 3.05) is 32.2 Å². The summed E-state index contributed by atoms with van der Waals surface area (Å²) in [4.78, 5) is 59.1. The standard InChI is InChI=1S/C27H32N2O7/c1-7-15-13-28-14-18-21-16-10-8-9-11-19(16)29(24(33)36-25(2,3)4)27(21,28)20(30)12-17(15)26(18,22(31)34-5)23(32)35-6/h7-11,17-18,21H,12-14H2,1-6H3/b15-7+/t17?,18?,21-,27-/m1/s1. The van der Waals surface area contributed by atoms with Crippen molar-refractivity contribution in [3.05, 3.63) is 41.5 Å². The lowest BCUT2D eigenvalue weighted by Gasteiger charge is -2.43. The van der Waals surface area contributed by atoms with Gasteiger partial charge in [-0.15, -0.1) is 0 Å². The van der Waals surface area contributed by atoms with E-state index < -0.39 is 52.5 Å². The number of carbonyl (C=O) groups is 4. The van der Waals surface area contributed by atoms with E-state index in [1.807, 2.05) is 30.0 Å². The second-order valence-corrected chi connectivity index (χ2v) is 11.0. The average molecular weight is 497 g/mol. The van der Waals surface area contributed by atoms with Crippen molar-refractivity contribution in [3.63, 3.8) is 0 Å². The van der Waals surface area contributed by atoms with E-state index >= 15 is 0 Å². The maximum absolute atomic E-state index is 14.4. The molecule has 1 aromatic carbocycles. The number of hydrogen-bond donors (Lipinski definition) is 0. The van der Waals surface area contributed by atoms with Crippen LogP contribution >= 0.6 is 0 Å². The van der Waals surface area contributed by atoms with Gasteiger partial charge in [0, 0.05) is 37.3 Å². The molecule has 0 N–H and O–H groups in total. The van der Waals surface area contributed by atoms with E-state index in [1.165, 1.54) is 19.1 Å². The fourth-order valence-electron chi connectivity index (χ4n) is 7.23. The number of anilines is 1. The van der Waals surface area contributed by atoms with Crippen LogP contribution in [0, 0.1) is 17.3 Å². The lowest BCUT2D eigenvalue weighted by Crippen LogP contribution is -2.64. The predicted molar refractivity (Wildman–Crippen MR) is 129 cm³/mol. The van der Waals surface area contributed by atoms with E-state index in [1.54, 1.807) is 32.9 Å². The summed E-state index contributed by atoms with van der Waals surface area (Å²) in [6.07, 6.45) is 1.11. The predicted octanol–water partition coefficient (Wildman–Crippen LogP) is 3.03.